The molecule has 0 unspecified atom stereocenters. The molecule has 0 aromatic heterocycles. The van der Waals surface area contributed by atoms with Crippen LogP contribution in [0.15, 0.2) is 206 Å². The highest BCUT2D eigenvalue weighted by Gasteiger charge is 2.48. The summed E-state index contributed by atoms with van der Waals surface area (Å²) in [5.74, 6) is 0. The Balaban J connectivity index is 1.30. The SMILES string of the molecule is Cc1ccccc1N(c1ccc([Si](C)(C)C)cc1)c1ccc2c(c1)C(c1ccccc1)(c1ccccc1)c1cc(N(c3ccc([Si](C)(C)C)cc3)c3ccccc3C)c3ccccc3c1-2. The van der Waals surface area contributed by atoms with Gasteiger partial charge in [-0.2, -0.15) is 0 Å². The van der Waals surface area contributed by atoms with Crippen molar-refractivity contribution < 1.29 is 0 Å². The van der Waals surface area contributed by atoms with Crippen LogP contribution in [0.3, 0.4) is 0 Å². The Kier molecular flexibility index (Phi) is 10.6. The number of rotatable bonds is 10. The second-order valence-corrected chi connectivity index (χ2v) is 30.1. The summed E-state index contributed by atoms with van der Waals surface area (Å²) in [6, 6.07) is 77.9. The van der Waals surface area contributed by atoms with Crippen LogP contribution >= 0.6 is 0 Å². The van der Waals surface area contributed by atoms with Crippen molar-refractivity contribution in [2.24, 2.45) is 0 Å². The number of fused-ring (bicyclic) bond motifs is 5. The Morgan fingerprint density at radius 1 is 0.354 bits per heavy atom. The fraction of sp³-hybridized carbons (Fsp3) is 0.148. The summed E-state index contributed by atoms with van der Waals surface area (Å²) in [7, 11) is -3.06. The zero-order valence-corrected chi connectivity index (χ0v) is 41.0. The van der Waals surface area contributed by atoms with Gasteiger partial charge < -0.3 is 9.80 Å². The highest BCUT2D eigenvalue weighted by molar-refractivity contribution is 6.89. The maximum atomic E-state index is 2.55. The molecule has 4 heteroatoms. The third-order valence-electron chi connectivity index (χ3n) is 13.7. The molecule has 65 heavy (non-hydrogen) atoms. The van der Waals surface area contributed by atoms with E-state index in [2.05, 4.69) is 269 Å². The summed E-state index contributed by atoms with van der Waals surface area (Å²) in [4.78, 5) is 4.99. The number of aryl methyl sites for hydroxylation is 2. The van der Waals surface area contributed by atoms with E-state index in [1.165, 1.54) is 82.7 Å². The number of nitrogens with zero attached hydrogens (tertiary/aromatic N) is 2. The molecule has 0 fully saturated rings. The number of benzene rings is 9. The minimum Gasteiger partial charge on any atom is -0.310 e. The lowest BCUT2D eigenvalue weighted by Crippen LogP contribution is -2.37. The summed E-state index contributed by atoms with van der Waals surface area (Å²) < 4.78 is 0. The third kappa shape index (κ3) is 7.26. The van der Waals surface area contributed by atoms with Crippen LogP contribution in [-0.2, 0) is 5.41 Å². The number of hydrogen-bond donors (Lipinski definition) is 0. The van der Waals surface area contributed by atoms with Crippen LogP contribution in [0.4, 0.5) is 34.1 Å². The molecule has 0 atom stereocenters. The van der Waals surface area contributed by atoms with Gasteiger partial charge in [0.05, 0.1) is 27.3 Å². The standard InChI is InChI=1S/C61H58N2Si2/c1-43-21-15-19-29-57(43)62(47-31-36-50(37-32-47)64(3,4)5)49-35-40-54-55(41-49)61(45-23-11-9-12-24-45,46-25-13-10-14-26-46)56-42-59(52-27-17-18-28-53(52)60(54)56)63(58-30-20-16-22-44(58)2)48-33-38-51(39-34-48)65(6,7)8/h9-42H,1-8H3. The number of anilines is 6. The average Bonchev–Trinajstić information content (AvgIpc) is 3.61. The Bertz CT molecular complexity index is 3140. The van der Waals surface area contributed by atoms with E-state index in [0.717, 1.165) is 17.1 Å². The van der Waals surface area contributed by atoms with E-state index in [9.17, 15) is 0 Å². The van der Waals surface area contributed by atoms with Crippen LogP contribution < -0.4 is 20.2 Å². The first-order valence-corrected chi connectivity index (χ1v) is 30.1. The van der Waals surface area contributed by atoms with E-state index in [1.807, 2.05) is 0 Å². The molecule has 0 N–H and O–H groups in total. The first-order chi connectivity index (χ1) is 31.4. The van der Waals surface area contributed by atoms with Gasteiger partial charge >= 0.3 is 0 Å². The second kappa shape index (κ2) is 16.4. The van der Waals surface area contributed by atoms with Crippen LogP contribution in [0.25, 0.3) is 21.9 Å². The Hall–Kier alpha value is -6.73. The maximum Gasteiger partial charge on any atom is 0.0775 e. The van der Waals surface area contributed by atoms with Crippen LogP contribution in [0.1, 0.15) is 33.4 Å². The zero-order valence-electron chi connectivity index (χ0n) is 39.0. The number of para-hydroxylation sites is 2. The van der Waals surface area contributed by atoms with Gasteiger partial charge in [0.25, 0.3) is 0 Å². The summed E-state index contributed by atoms with van der Waals surface area (Å²) in [5.41, 5.74) is 16.4. The van der Waals surface area contributed by atoms with Gasteiger partial charge in [-0.3, -0.25) is 0 Å². The van der Waals surface area contributed by atoms with Gasteiger partial charge in [0, 0.05) is 33.8 Å². The fourth-order valence-electron chi connectivity index (χ4n) is 10.3. The number of hydrogen-bond acceptors (Lipinski definition) is 2. The molecule has 0 spiro atoms. The van der Waals surface area contributed by atoms with E-state index < -0.39 is 21.6 Å². The molecule has 2 nitrogen and oxygen atoms in total. The largest absolute Gasteiger partial charge is 0.310 e. The lowest BCUT2D eigenvalue weighted by Gasteiger charge is -2.36. The molecule has 9 aromatic rings. The Morgan fingerprint density at radius 3 is 1.29 bits per heavy atom. The fourth-order valence-corrected chi connectivity index (χ4v) is 12.7. The van der Waals surface area contributed by atoms with Crippen molar-refractivity contribution >= 4 is 71.4 Å². The van der Waals surface area contributed by atoms with Crippen molar-refractivity contribution in [3.63, 3.8) is 0 Å². The van der Waals surface area contributed by atoms with Gasteiger partial charge in [0.2, 0.25) is 0 Å². The van der Waals surface area contributed by atoms with Gasteiger partial charge in [-0.15, -0.1) is 0 Å². The monoisotopic (exact) mass is 874 g/mol. The normalized spacial score (nSPS) is 13.0. The topological polar surface area (TPSA) is 6.48 Å². The molecule has 0 bridgehead atoms. The molecule has 320 valence electrons. The van der Waals surface area contributed by atoms with E-state index in [-0.39, 0.29) is 0 Å². The molecular weight excluding hydrogens is 817 g/mol. The van der Waals surface area contributed by atoms with Gasteiger partial charge in [0.15, 0.2) is 0 Å². The van der Waals surface area contributed by atoms with Gasteiger partial charge in [-0.25, -0.2) is 0 Å². The molecule has 0 aliphatic heterocycles. The first kappa shape index (κ1) is 42.2. The molecule has 1 aliphatic carbocycles. The molecule has 1 aliphatic rings. The first-order valence-electron chi connectivity index (χ1n) is 23.1. The van der Waals surface area contributed by atoms with E-state index in [1.54, 1.807) is 0 Å². The lowest BCUT2D eigenvalue weighted by molar-refractivity contribution is 0.769. The maximum absolute atomic E-state index is 2.55. The van der Waals surface area contributed by atoms with Crippen LogP contribution in [0.5, 0.6) is 0 Å². The summed E-state index contributed by atoms with van der Waals surface area (Å²) in [6.45, 7) is 19.0. The van der Waals surface area contributed by atoms with E-state index >= 15 is 0 Å². The quantitative estimate of drug-likeness (QED) is 0.126. The minimum absolute atomic E-state index is 0.653. The summed E-state index contributed by atoms with van der Waals surface area (Å²) in [5, 5.41) is 5.38. The summed E-state index contributed by atoms with van der Waals surface area (Å²) >= 11 is 0. The van der Waals surface area contributed by atoms with Crippen LogP contribution in [0, 0.1) is 13.8 Å². The molecule has 0 heterocycles. The molecule has 10 rings (SSSR count). The molecule has 0 saturated heterocycles. The van der Waals surface area contributed by atoms with Crippen molar-refractivity contribution in [2.75, 3.05) is 9.80 Å². The van der Waals surface area contributed by atoms with E-state index in [0.29, 0.717) is 0 Å². The minimum atomic E-state index is -1.54. The van der Waals surface area contributed by atoms with Crippen molar-refractivity contribution in [1.29, 1.82) is 0 Å². The predicted molar refractivity (Wildman–Crippen MR) is 286 cm³/mol. The van der Waals surface area contributed by atoms with Crippen molar-refractivity contribution in [3.05, 3.63) is 240 Å². The average molecular weight is 875 g/mol. The molecular formula is C61H58N2Si2. The van der Waals surface area contributed by atoms with Gasteiger partial charge in [0.1, 0.15) is 0 Å². The molecule has 9 aromatic carbocycles. The smallest absolute Gasteiger partial charge is 0.0775 e. The van der Waals surface area contributed by atoms with Crippen LogP contribution in [-0.4, -0.2) is 16.1 Å². The van der Waals surface area contributed by atoms with Gasteiger partial charge in [-0.05, 0) is 118 Å². The molecule has 0 radical (unpaired) electrons. The van der Waals surface area contributed by atoms with Crippen LogP contribution in [0.2, 0.25) is 39.3 Å². The highest BCUT2D eigenvalue weighted by atomic mass is 28.3. The summed E-state index contributed by atoms with van der Waals surface area (Å²) in [6.07, 6.45) is 0. The van der Waals surface area contributed by atoms with Crippen molar-refractivity contribution in [3.8, 4) is 11.1 Å². The van der Waals surface area contributed by atoms with Crippen molar-refractivity contribution in [2.45, 2.75) is 58.5 Å². The Morgan fingerprint density at radius 2 is 0.785 bits per heavy atom. The van der Waals surface area contributed by atoms with Gasteiger partial charge in [-0.1, -0.05) is 201 Å². The molecule has 0 saturated carbocycles. The van der Waals surface area contributed by atoms with Crippen molar-refractivity contribution in [1.82, 2.24) is 0 Å². The Labute approximate surface area is 388 Å². The zero-order chi connectivity index (χ0) is 45.1. The second-order valence-electron chi connectivity index (χ2n) is 19.9. The predicted octanol–water partition coefficient (Wildman–Crippen LogP) is 15.8. The molecule has 0 amide bonds. The highest BCUT2D eigenvalue weighted by Crippen LogP contribution is 2.60. The third-order valence-corrected chi connectivity index (χ3v) is 17.8. The lowest BCUT2D eigenvalue weighted by atomic mass is 9.67. The van der Waals surface area contributed by atoms with E-state index in [4.69, 9.17) is 0 Å².